The fourth-order valence-electron chi connectivity index (χ4n) is 2.62. The highest BCUT2D eigenvalue weighted by Gasteiger charge is 2.28. The molecule has 2 aromatic rings. The molecule has 0 spiro atoms. The fraction of sp³-hybridized carbons (Fsp3) is 0.300. The normalized spacial score (nSPS) is 13.8. The Labute approximate surface area is 163 Å². The summed E-state index contributed by atoms with van der Waals surface area (Å²) in [7, 11) is -2.18. The summed E-state index contributed by atoms with van der Waals surface area (Å²) >= 11 is 0. The first-order valence-corrected chi connectivity index (χ1v) is 10.3. The molecule has 1 aliphatic carbocycles. The molecule has 1 N–H and O–H groups in total. The van der Waals surface area contributed by atoms with E-state index in [-0.39, 0.29) is 28.9 Å². The van der Waals surface area contributed by atoms with Crippen LogP contribution < -0.4 is 9.46 Å². The molecule has 0 atom stereocenters. The van der Waals surface area contributed by atoms with Gasteiger partial charge in [0.2, 0.25) is 10.0 Å². The average Bonchev–Trinajstić information content (AvgIpc) is 3.49. The van der Waals surface area contributed by atoms with Crippen molar-refractivity contribution in [3.8, 4) is 5.75 Å². The monoisotopic (exact) mass is 403 g/mol. The van der Waals surface area contributed by atoms with Gasteiger partial charge in [-0.15, -0.1) is 0 Å². The van der Waals surface area contributed by atoms with Crippen LogP contribution in [0.1, 0.15) is 46.0 Å². The van der Waals surface area contributed by atoms with Crippen molar-refractivity contribution in [2.45, 2.75) is 37.3 Å². The highest BCUT2D eigenvalue weighted by atomic mass is 32.2. The number of carbonyl (C=O) groups excluding carboxylic acids is 2. The third-order valence-corrected chi connectivity index (χ3v) is 5.84. The van der Waals surface area contributed by atoms with Crippen LogP contribution in [-0.2, 0) is 21.4 Å². The summed E-state index contributed by atoms with van der Waals surface area (Å²) < 4.78 is 37.7. The zero-order chi connectivity index (χ0) is 20.3. The van der Waals surface area contributed by atoms with Crippen LogP contribution in [0.5, 0.6) is 5.75 Å². The molecule has 0 amide bonds. The van der Waals surface area contributed by atoms with Gasteiger partial charge in [0.05, 0.1) is 17.6 Å². The minimum absolute atomic E-state index is 0.0185. The SMILES string of the molecule is COc1ccc(C(C)=O)cc1COC(=O)c1cccc(S(=O)(=O)NC2CC2)c1. The maximum Gasteiger partial charge on any atom is 0.338 e. The zero-order valence-corrected chi connectivity index (χ0v) is 16.4. The van der Waals surface area contributed by atoms with Crippen molar-refractivity contribution in [1.29, 1.82) is 0 Å². The Kier molecular flexibility index (Phi) is 5.81. The quantitative estimate of drug-likeness (QED) is 0.537. The van der Waals surface area contributed by atoms with Crippen molar-refractivity contribution in [3.63, 3.8) is 0 Å². The van der Waals surface area contributed by atoms with Crippen LogP contribution in [-0.4, -0.2) is 33.3 Å². The predicted molar refractivity (Wildman–Crippen MR) is 102 cm³/mol. The number of rotatable bonds is 8. The maximum absolute atomic E-state index is 12.4. The minimum Gasteiger partial charge on any atom is -0.496 e. The van der Waals surface area contributed by atoms with Gasteiger partial charge < -0.3 is 9.47 Å². The Morgan fingerprint density at radius 2 is 1.86 bits per heavy atom. The van der Waals surface area contributed by atoms with E-state index in [9.17, 15) is 18.0 Å². The lowest BCUT2D eigenvalue weighted by Gasteiger charge is -2.11. The molecule has 0 unspecified atom stereocenters. The third kappa shape index (κ3) is 4.76. The number of sulfonamides is 1. The van der Waals surface area contributed by atoms with Crippen LogP contribution >= 0.6 is 0 Å². The molecular weight excluding hydrogens is 382 g/mol. The second kappa shape index (κ2) is 8.12. The number of ketones is 1. The van der Waals surface area contributed by atoms with E-state index in [1.165, 1.54) is 38.3 Å². The van der Waals surface area contributed by atoms with E-state index in [0.717, 1.165) is 12.8 Å². The highest BCUT2D eigenvalue weighted by Crippen LogP contribution is 2.24. The van der Waals surface area contributed by atoms with E-state index < -0.39 is 16.0 Å². The molecule has 28 heavy (non-hydrogen) atoms. The number of carbonyl (C=O) groups is 2. The molecule has 2 aromatic carbocycles. The van der Waals surface area contributed by atoms with Crippen molar-refractivity contribution < 1.29 is 27.5 Å². The lowest BCUT2D eigenvalue weighted by Crippen LogP contribution is -2.25. The van der Waals surface area contributed by atoms with E-state index in [1.54, 1.807) is 18.2 Å². The van der Waals surface area contributed by atoms with Crippen LogP contribution in [0, 0.1) is 0 Å². The smallest absolute Gasteiger partial charge is 0.338 e. The van der Waals surface area contributed by atoms with Crippen molar-refractivity contribution in [3.05, 3.63) is 59.2 Å². The predicted octanol–water partition coefficient (Wildman–Crippen LogP) is 2.70. The molecular formula is C20H21NO6S. The van der Waals surface area contributed by atoms with Gasteiger partial charge in [0.25, 0.3) is 0 Å². The number of benzene rings is 2. The Bertz CT molecular complexity index is 1010. The molecule has 0 aromatic heterocycles. The molecule has 8 heteroatoms. The van der Waals surface area contributed by atoms with Gasteiger partial charge in [-0.25, -0.2) is 17.9 Å². The minimum atomic E-state index is -3.66. The molecule has 148 valence electrons. The molecule has 7 nitrogen and oxygen atoms in total. The Hall–Kier alpha value is -2.71. The van der Waals surface area contributed by atoms with Crippen molar-refractivity contribution in [2.75, 3.05) is 7.11 Å². The average molecular weight is 403 g/mol. The summed E-state index contributed by atoms with van der Waals surface area (Å²) in [6, 6.07) is 10.6. The Balaban J connectivity index is 1.74. The largest absolute Gasteiger partial charge is 0.496 e. The number of ether oxygens (including phenoxy) is 2. The topological polar surface area (TPSA) is 98.8 Å². The summed E-state index contributed by atoms with van der Waals surface area (Å²) in [4.78, 5) is 24.0. The lowest BCUT2D eigenvalue weighted by molar-refractivity contribution is 0.0470. The lowest BCUT2D eigenvalue weighted by atomic mass is 10.1. The zero-order valence-electron chi connectivity index (χ0n) is 15.6. The highest BCUT2D eigenvalue weighted by molar-refractivity contribution is 7.89. The van der Waals surface area contributed by atoms with Gasteiger partial charge in [0.15, 0.2) is 5.78 Å². The molecule has 0 aliphatic heterocycles. The van der Waals surface area contributed by atoms with Crippen molar-refractivity contribution in [1.82, 2.24) is 4.72 Å². The van der Waals surface area contributed by atoms with Crippen LogP contribution in [0.4, 0.5) is 0 Å². The second-order valence-electron chi connectivity index (χ2n) is 6.58. The maximum atomic E-state index is 12.4. The Morgan fingerprint density at radius 1 is 1.11 bits per heavy atom. The summed E-state index contributed by atoms with van der Waals surface area (Å²) in [6.45, 7) is 1.33. The molecule has 0 heterocycles. The van der Waals surface area contributed by atoms with Gasteiger partial charge in [-0.2, -0.15) is 0 Å². The first-order chi connectivity index (χ1) is 13.3. The molecule has 0 saturated heterocycles. The second-order valence-corrected chi connectivity index (χ2v) is 8.30. The third-order valence-electron chi connectivity index (χ3n) is 4.32. The Morgan fingerprint density at radius 3 is 2.50 bits per heavy atom. The number of nitrogens with one attached hydrogen (secondary N) is 1. The first-order valence-electron chi connectivity index (χ1n) is 8.77. The van der Waals surface area contributed by atoms with Crippen LogP contribution in [0.25, 0.3) is 0 Å². The molecule has 0 bridgehead atoms. The molecule has 1 fully saturated rings. The van der Waals surface area contributed by atoms with Crippen molar-refractivity contribution >= 4 is 21.8 Å². The van der Waals surface area contributed by atoms with Crippen LogP contribution in [0.3, 0.4) is 0 Å². The van der Waals surface area contributed by atoms with E-state index in [2.05, 4.69) is 4.72 Å². The van der Waals surface area contributed by atoms with Gasteiger partial charge >= 0.3 is 5.97 Å². The number of Topliss-reactive ketones (excluding diaryl/α,β-unsaturated/α-hetero) is 1. The molecule has 0 radical (unpaired) electrons. The summed E-state index contributed by atoms with van der Waals surface area (Å²) in [5.41, 5.74) is 1.15. The number of esters is 1. The van der Waals surface area contributed by atoms with Crippen LogP contribution in [0.2, 0.25) is 0 Å². The summed E-state index contributed by atoms with van der Waals surface area (Å²) in [5, 5.41) is 0. The van der Waals surface area contributed by atoms with Gasteiger partial charge in [0.1, 0.15) is 12.4 Å². The number of methoxy groups -OCH3 is 1. The summed E-state index contributed by atoms with van der Waals surface area (Å²) in [5.74, 6) is -0.294. The van der Waals surface area contributed by atoms with Crippen LogP contribution in [0.15, 0.2) is 47.4 Å². The van der Waals surface area contributed by atoms with Gasteiger partial charge in [-0.05, 0) is 56.2 Å². The first kappa shape index (κ1) is 20.0. The van der Waals surface area contributed by atoms with E-state index in [0.29, 0.717) is 16.9 Å². The van der Waals surface area contributed by atoms with Gasteiger partial charge in [0, 0.05) is 17.2 Å². The molecule has 1 aliphatic rings. The number of hydrogen-bond acceptors (Lipinski definition) is 6. The van der Waals surface area contributed by atoms with E-state index >= 15 is 0 Å². The van der Waals surface area contributed by atoms with Gasteiger partial charge in [-0.3, -0.25) is 4.79 Å². The fourth-order valence-corrected chi connectivity index (χ4v) is 3.97. The van der Waals surface area contributed by atoms with E-state index in [4.69, 9.17) is 9.47 Å². The molecule has 3 rings (SSSR count). The van der Waals surface area contributed by atoms with Crippen molar-refractivity contribution in [2.24, 2.45) is 0 Å². The number of hydrogen-bond donors (Lipinski definition) is 1. The summed E-state index contributed by atoms with van der Waals surface area (Å²) in [6.07, 6.45) is 1.64. The standard InChI is InChI=1S/C20H21NO6S/c1-13(22)14-6-9-19(26-2)16(10-14)12-27-20(23)15-4-3-5-18(11-15)28(24,25)21-17-7-8-17/h3-6,9-11,17,21H,7-8,12H2,1-2H3. The molecule has 1 saturated carbocycles. The van der Waals surface area contributed by atoms with Gasteiger partial charge in [-0.1, -0.05) is 6.07 Å². The van der Waals surface area contributed by atoms with E-state index in [1.807, 2.05) is 0 Å².